The van der Waals surface area contributed by atoms with Crippen LogP contribution < -0.4 is 5.32 Å². The molecule has 27 heavy (non-hydrogen) atoms. The van der Waals surface area contributed by atoms with Crippen LogP contribution in [0.4, 0.5) is 11.8 Å². The first kappa shape index (κ1) is 15.7. The van der Waals surface area contributed by atoms with Crippen molar-refractivity contribution in [1.29, 1.82) is 0 Å². The Hall–Kier alpha value is -3.54. The van der Waals surface area contributed by atoms with E-state index in [2.05, 4.69) is 30.5 Å². The van der Waals surface area contributed by atoms with Gasteiger partial charge in [0.1, 0.15) is 0 Å². The highest BCUT2D eigenvalue weighted by atomic mass is 15.2. The maximum atomic E-state index is 4.67. The lowest BCUT2D eigenvalue weighted by molar-refractivity contribution is 0.964. The van der Waals surface area contributed by atoms with Gasteiger partial charge in [0.25, 0.3) is 0 Å². The van der Waals surface area contributed by atoms with E-state index < -0.39 is 0 Å². The monoisotopic (exact) mass is 354 g/mol. The number of benzene rings is 2. The average Bonchev–Trinajstić information content (AvgIpc) is 3.48. The van der Waals surface area contributed by atoms with Crippen molar-refractivity contribution < 1.29 is 0 Å². The SMILES string of the molecule is c1ccc(-c2nc(Nc3cc(C4CC4)[nH]n3)nc(-c3ccccc3)n2)cc1. The molecule has 1 fully saturated rings. The number of hydrogen-bond donors (Lipinski definition) is 2. The maximum absolute atomic E-state index is 4.67. The van der Waals surface area contributed by atoms with Gasteiger partial charge in [-0.2, -0.15) is 15.1 Å². The first-order valence-electron chi connectivity index (χ1n) is 9.04. The largest absolute Gasteiger partial charge is 0.307 e. The number of aromatic nitrogens is 5. The Morgan fingerprint density at radius 2 is 1.37 bits per heavy atom. The maximum Gasteiger partial charge on any atom is 0.232 e. The Morgan fingerprint density at radius 3 is 1.93 bits per heavy atom. The van der Waals surface area contributed by atoms with Gasteiger partial charge in [-0.05, 0) is 12.8 Å². The summed E-state index contributed by atoms with van der Waals surface area (Å²) < 4.78 is 0. The summed E-state index contributed by atoms with van der Waals surface area (Å²) >= 11 is 0. The molecule has 0 atom stereocenters. The third-order valence-corrected chi connectivity index (χ3v) is 4.55. The second kappa shape index (κ2) is 6.64. The molecule has 6 nitrogen and oxygen atoms in total. The Labute approximate surface area is 156 Å². The van der Waals surface area contributed by atoms with Crippen LogP contribution in [0.1, 0.15) is 24.5 Å². The highest BCUT2D eigenvalue weighted by Gasteiger charge is 2.25. The predicted molar refractivity (Wildman–Crippen MR) is 105 cm³/mol. The second-order valence-corrected chi connectivity index (χ2v) is 6.65. The van der Waals surface area contributed by atoms with Crippen molar-refractivity contribution in [3.05, 3.63) is 72.4 Å². The number of anilines is 2. The summed E-state index contributed by atoms with van der Waals surface area (Å²) in [5.41, 5.74) is 3.06. The third kappa shape index (κ3) is 3.42. The van der Waals surface area contributed by atoms with Crippen molar-refractivity contribution in [2.24, 2.45) is 0 Å². The van der Waals surface area contributed by atoms with Gasteiger partial charge in [-0.25, -0.2) is 4.98 Å². The lowest BCUT2D eigenvalue weighted by Crippen LogP contribution is -2.03. The van der Waals surface area contributed by atoms with Crippen LogP contribution in [0.15, 0.2) is 66.7 Å². The van der Waals surface area contributed by atoms with E-state index in [-0.39, 0.29) is 0 Å². The molecule has 0 amide bonds. The van der Waals surface area contributed by atoms with Crippen LogP contribution in [0.25, 0.3) is 22.8 Å². The predicted octanol–water partition coefficient (Wildman–Crippen LogP) is 4.55. The van der Waals surface area contributed by atoms with Crippen molar-refractivity contribution in [3.63, 3.8) is 0 Å². The van der Waals surface area contributed by atoms with Gasteiger partial charge in [0.05, 0.1) is 0 Å². The van der Waals surface area contributed by atoms with Crippen molar-refractivity contribution in [3.8, 4) is 22.8 Å². The fraction of sp³-hybridized carbons (Fsp3) is 0.143. The zero-order chi connectivity index (χ0) is 18.1. The van der Waals surface area contributed by atoms with Gasteiger partial charge in [-0.1, -0.05) is 60.7 Å². The van der Waals surface area contributed by atoms with Crippen molar-refractivity contribution >= 4 is 11.8 Å². The van der Waals surface area contributed by atoms with Crippen LogP contribution in [0.3, 0.4) is 0 Å². The Morgan fingerprint density at radius 1 is 0.778 bits per heavy atom. The molecule has 1 aliphatic carbocycles. The van der Waals surface area contributed by atoms with Gasteiger partial charge >= 0.3 is 0 Å². The number of nitrogens with zero attached hydrogens (tertiary/aromatic N) is 4. The number of rotatable bonds is 5. The minimum atomic E-state index is 0.483. The van der Waals surface area contributed by atoms with E-state index >= 15 is 0 Å². The molecule has 6 heteroatoms. The molecule has 2 aromatic heterocycles. The standard InChI is InChI=1S/C21H18N6/c1-3-7-15(8-4-1)19-23-20(16-9-5-2-6-10-16)25-21(24-19)22-18-13-17(26-27-18)14-11-12-14/h1-10,13-14H,11-12H2,(H2,22,23,24,25,26,27). The fourth-order valence-corrected chi connectivity index (χ4v) is 2.98. The molecule has 0 radical (unpaired) electrons. The van der Waals surface area contributed by atoms with Gasteiger partial charge in [0, 0.05) is 28.8 Å². The molecule has 0 bridgehead atoms. The first-order chi connectivity index (χ1) is 13.3. The Kier molecular flexibility index (Phi) is 3.86. The summed E-state index contributed by atoms with van der Waals surface area (Å²) in [7, 11) is 0. The van der Waals surface area contributed by atoms with Gasteiger partial charge in [-0.15, -0.1) is 0 Å². The van der Waals surface area contributed by atoms with E-state index in [0.29, 0.717) is 23.5 Å². The summed E-state index contributed by atoms with van der Waals surface area (Å²) in [5, 5.41) is 10.7. The molecular formula is C21H18N6. The molecule has 0 saturated heterocycles. The van der Waals surface area contributed by atoms with Gasteiger partial charge in [0.15, 0.2) is 17.5 Å². The molecule has 0 aliphatic heterocycles. The van der Waals surface area contributed by atoms with Crippen molar-refractivity contribution in [2.45, 2.75) is 18.8 Å². The summed E-state index contributed by atoms with van der Waals surface area (Å²) in [6.07, 6.45) is 2.45. The van der Waals surface area contributed by atoms with E-state index in [1.54, 1.807) is 0 Å². The molecule has 5 rings (SSSR count). The molecule has 4 aromatic rings. The van der Waals surface area contributed by atoms with E-state index in [0.717, 1.165) is 22.6 Å². The van der Waals surface area contributed by atoms with Crippen LogP contribution in [0.5, 0.6) is 0 Å². The molecule has 2 aromatic carbocycles. The number of nitrogens with one attached hydrogen (secondary N) is 2. The van der Waals surface area contributed by atoms with Crippen LogP contribution >= 0.6 is 0 Å². The zero-order valence-corrected chi connectivity index (χ0v) is 14.6. The summed E-state index contributed by atoms with van der Waals surface area (Å²) in [6, 6.07) is 21.9. The molecule has 0 spiro atoms. The van der Waals surface area contributed by atoms with Gasteiger partial charge < -0.3 is 5.32 Å². The molecule has 1 saturated carbocycles. The van der Waals surface area contributed by atoms with E-state index in [9.17, 15) is 0 Å². The molecule has 132 valence electrons. The van der Waals surface area contributed by atoms with E-state index in [4.69, 9.17) is 0 Å². The van der Waals surface area contributed by atoms with Crippen LogP contribution in [-0.2, 0) is 0 Å². The first-order valence-corrected chi connectivity index (χ1v) is 9.04. The van der Waals surface area contributed by atoms with Crippen LogP contribution in [-0.4, -0.2) is 25.1 Å². The fourth-order valence-electron chi connectivity index (χ4n) is 2.98. The Bertz CT molecular complexity index is 997. The summed E-state index contributed by atoms with van der Waals surface area (Å²) in [5.74, 6) is 3.08. The van der Waals surface area contributed by atoms with E-state index in [1.165, 1.54) is 12.8 Å². The summed E-state index contributed by atoms with van der Waals surface area (Å²) in [6.45, 7) is 0. The van der Waals surface area contributed by atoms with Gasteiger partial charge in [-0.3, -0.25) is 5.10 Å². The van der Waals surface area contributed by atoms with Crippen LogP contribution in [0.2, 0.25) is 0 Å². The normalized spacial score (nSPS) is 13.5. The topological polar surface area (TPSA) is 79.4 Å². The molecule has 2 heterocycles. The van der Waals surface area contributed by atoms with Crippen molar-refractivity contribution in [2.75, 3.05) is 5.32 Å². The highest BCUT2D eigenvalue weighted by molar-refractivity contribution is 5.64. The quantitative estimate of drug-likeness (QED) is 0.550. The number of hydrogen-bond acceptors (Lipinski definition) is 5. The van der Waals surface area contributed by atoms with Gasteiger partial charge in [0.2, 0.25) is 5.95 Å². The van der Waals surface area contributed by atoms with Crippen molar-refractivity contribution in [1.82, 2.24) is 25.1 Å². The van der Waals surface area contributed by atoms with Crippen LogP contribution in [0, 0.1) is 0 Å². The average molecular weight is 354 g/mol. The number of H-pyrrole nitrogens is 1. The number of aromatic amines is 1. The molecule has 1 aliphatic rings. The third-order valence-electron chi connectivity index (χ3n) is 4.55. The molecular weight excluding hydrogens is 336 g/mol. The second-order valence-electron chi connectivity index (χ2n) is 6.65. The Balaban J connectivity index is 1.54. The lowest BCUT2D eigenvalue weighted by Gasteiger charge is -2.08. The molecule has 2 N–H and O–H groups in total. The minimum absolute atomic E-state index is 0.483. The smallest absolute Gasteiger partial charge is 0.232 e. The molecule has 0 unspecified atom stereocenters. The lowest BCUT2D eigenvalue weighted by atomic mass is 10.2. The zero-order valence-electron chi connectivity index (χ0n) is 14.6. The minimum Gasteiger partial charge on any atom is -0.307 e. The van der Waals surface area contributed by atoms with E-state index in [1.807, 2.05) is 66.7 Å². The highest BCUT2D eigenvalue weighted by Crippen LogP contribution is 2.39. The summed E-state index contributed by atoms with van der Waals surface area (Å²) in [4.78, 5) is 13.9.